The van der Waals surface area contributed by atoms with E-state index in [2.05, 4.69) is 9.97 Å². The Morgan fingerprint density at radius 1 is 1.15 bits per heavy atom. The van der Waals surface area contributed by atoms with Gasteiger partial charge in [-0.25, -0.2) is 4.98 Å². The quantitative estimate of drug-likeness (QED) is 0.878. The van der Waals surface area contributed by atoms with Crippen LogP contribution in [0.25, 0.3) is 0 Å². The van der Waals surface area contributed by atoms with Crippen molar-refractivity contribution in [2.75, 3.05) is 12.0 Å². The van der Waals surface area contributed by atoms with Gasteiger partial charge in [-0.15, -0.1) is 11.8 Å². The molecule has 1 aromatic carbocycles. The Kier molecular flexibility index (Phi) is 4.03. The van der Waals surface area contributed by atoms with Crippen LogP contribution in [-0.2, 0) is 6.18 Å². The molecule has 106 valence electrons. The molecule has 2 aromatic rings. The Balaban J connectivity index is 2.26. The summed E-state index contributed by atoms with van der Waals surface area (Å²) in [6, 6.07) is 7.55. The van der Waals surface area contributed by atoms with E-state index in [0.717, 1.165) is 4.90 Å². The Bertz CT molecular complexity index is 602. The third-order valence-electron chi connectivity index (χ3n) is 2.29. The standard InChI is InChI=1S/C12H10F3N3OS/c1-20-8-4-2-7(3-5-8)19-10-6-9(12(13,14)15)17-11(16)18-10/h2-6H,1H3,(H2,16,17,18). The molecule has 0 fully saturated rings. The number of halogens is 3. The fraction of sp³-hybridized carbons (Fsp3) is 0.167. The summed E-state index contributed by atoms with van der Waals surface area (Å²) < 4.78 is 43.0. The highest BCUT2D eigenvalue weighted by Crippen LogP contribution is 2.31. The summed E-state index contributed by atoms with van der Waals surface area (Å²) in [6.07, 6.45) is -2.69. The van der Waals surface area contributed by atoms with Crippen molar-refractivity contribution in [1.82, 2.24) is 9.97 Å². The molecule has 1 aromatic heterocycles. The maximum absolute atomic E-state index is 12.6. The number of nitrogens with zero attached hydrogens (tertiary/aromatic N) is 2. The van der Waals surface area contributed by atoms with Crippen LogP contribution in [-0.4, -0.2) is 16.2 Å². The van der Waals surface area contributed by atoms with Crippen molar-refractivity contribution < 1.29 is 17.9 Å². The maximum atomic E-state index is 12.6. The lowest BCUT2D eigenvalue weighted by Gasteiger charge is -2.09. The summed E-state index contributed by atoms with van der Waals surface area (Å²) in [6.45, 7) is 0. The van der Waals surface area contributed by atoms with E-state index in [-0.39, 0.29) is 5.88 Å². The van der Waals surface area contributed by atoms with Gasteiger partial charge in [-0.05, 0) is 30.5 Å². The Labute approximate surface area is 117 Å². The number of benzene rings is 1. The van der Waals surface area contributed by atoms with Crippen molar-refractivity contribution in [3.05, 3.63) is 36.0 Å². The summed E-state index contributed by atoms with van der Waals surface area (Å²) >= 11 is 1.54. The molecule has 2 rings (SSSR count). The van der Waals surface area contributed by atoms with Gasteiger partial charge in [-0.3, -0.25) is 0 Å². The van der Waals surface area contributed by atoms with E-state index >= 15 is 0 Å². The average molecular weight is 301 g/mol. The Morgan fingerprint density at radius 3 is 2.35 bits per heavy atom. The number of alkyl halides is 3. The van der Waals surface area contributed by atoms with E-state index in [1.165, 1.54) is 0 Å². The highest BCUT2D eigenvalue weighted by atomic mass is 32.2. The molecule has 0 aliphatic carbocycles. The van der Waals surface area contributed by atoms with Gasteiger partial charge in [0, 0.05) is 11.0 Å². The van der Waals surface area contributed by atoms with Crippen LogP contribution in [0.3, 0.4) is 0 Å². The van der Waals surface area contributed by atoms with Crippen molar-refractivity contribution in [3.63, 3.8) is 0 Å². The van der Waals surface area contributed by atoms with E-state index in [0.29, 0.717) is 11.8 Å². The number of aromatic nitrogens is 2. The topological polar surface area (TPSA) is 61.0 Å². The van der Waals surface area contributed by atoms with Gasteiger partial charge in [-0.1, -0.05) is 0 Å². The molecule has 0 amide bonds. The number of hydrogen-bond acceptors (Lipinski definition) is 5. The zero-order chi connectivity index (χ0) is 14.8. The Morgan fingerprint density at radius 2 is 1.80 bits per heavy atom. The van der Waals surface area contributed by atoms with Crippen LogP contribution in [0.15, 0.2) is 35.2 Å². The van der Waals surface area contributed by atoms with Gasteiger partial charge in [0.1, 0.15) is 5.75 Å². The molecule has 0 bridgehead atoms. The molecule has 20 heavy (non-hydrogen) atoms. The second-order valence-corrected chi connectivity index (χ2v) is 4.60. The molecule has 4 nitrogen and oxygen atoms in total. The van der Waals surface area contributed by atoms with Crippen LogP contribution >= 0.6 is 11.8 Å². The molecular formula is C12H10F3N3OS. The molecule has 0 unspecified atom stereocenters. The third kappa shape index (κ3) is 3.53. The minimum absolute atomic E-state index is 0.248. The predicted molar refractivity (Wildman–Crippen MR) is 69.7 cm³/mol. The van der Waals surface area contributed by atoms with Crippen LogP contribution in [0, 0.1) is 0 Å². The highest BCUT2D eigenvalue weighted by Gasteiger charge is 2.33. The first-order chi connectivity index (χ1) is 9.38. The average Bonchev–Trinajstić information content (AvgIpc) is 2.38. The molecule has 1 heterocycles. The number of rotatable bonds is 3. The lowest BCUT2D eigenvalue weighted by Crippen LogP contribution is -2.11. The largest absolute Gasteiger partial charge is 0.439 e. The van der Waals surface area contributed by atoms with Crippen molar-refractivity contribution in [2.24, 2.45) is 0 Å². The molecule has 8 heteroatoms. The van der Waals surface area contributed by atoms with Gasteiger partial charge in [0.05, 0.1) is 0 Å². The number of nitrogens with two attached hydrogens (primary N) is 1. The number of nitrogen functional groups attached to an aromatic ring is 1. The van der Waals surface area contributed by atoms with Gasteiger partial charge in [0.15, 0.2) is 5.69 Å². The van der Waals surface area contributed by atoms with Crippen LogP contribution in [0.2, 0.25) is 0 Å². The van der Waals surface area contributed by atoms with E-state index in [4.69, 9.17) is 10.5 Å². The Hall–Kier alpha value is -1.96. The summed E-state index contributed by atoms with van der Waals surface area (Å²) in [5.41, 5.74) is 4.11. The van der Waals surface area contributed by atoms with E-state index < -0.39 is 17.8 Å². The van der Waals surface area contributed by atoms with E-state index in [1.807, 2.05) is 6.26 Å². The second-order valence-electron chi connectivity index (χ2n) is 3.72. The van der Waals surface area contributed by atoms with Crippen molar-refractivity contribution in [3.8, 4) is 11.6 Å². The van der Waals surface area contributed by atoms with Crippen LogP contribution in [0.4, 0.5) is 19.1 Å². The monoisotopic (exact) mass is 301 g/mol. The first-order valence-corrected chi connectivity index (χ1v) is 6.64. The molecule has 0 saturated carbocycles. The number of anilines is 1. The molecule has 0 spiro atoms. The highest BCUT2D eigenvalue weighted by molar-refractivity contribution is 7.98. The van der Waals surface area contributed by atoms with Gasteiger partial charge in [0.25, 0.3) is 0 Å². The van der Waals surface area contributed by atoms with Crippen LogP contribution in [0.1, 0.15) is 5.69 Å². The zero-order valence-electron chi connectivity index (χ0n) is 10.3. The summed E-state index contributed by atoms with van der Waals surface area (Å²) in [5.74, 6) is -0.369. The molecule has 0 aliphatic rings. The summed E-state index contributed by atoms with van der Waals surface area (Å²) in [4.78, 5) is 7.77. The van der Waals surface area contributed by atoms with Gasteiger partial charge in [0.2, 0.25) is 11.8 Å². The second kappa shape index (κ2) is 5.58. The minimum atomic E-state index is -4.60. The molecule has 0 radical (unpaired) electrons. The van der Waals surface area contributed by atoms with Gasteiger partial charge in [-0.2, -0.15) is 18.2 Å². The van der Waals surface area contributed by atoms with Crippen LogP contribution < -0.4 is 10.5 Å². The SMILES string of the molecule is CSc1ccc(Oc2cc(C(F)(F)F)nc(N)n2)cc1. The summed E-state index contributed by atoms with van der Waals surface area (Å²) in [7, 11) is 0. The fourth-order valence-electron chi connectivity index (χ4n) is 1.40. The van der Waals surface area contributed by atoms with Crippen molar-refractivity contribution in [2.45, 2.75) is 11.1 Å². The van der Waals surface area contributed by atoms with Crippen molar-refractivity contribution in [1.29, 1.82) is 0 Å². The number of ether oxygens (including phenoxy) is 1. The molecular weight excluding hydrogens is 291 g/mol. The lowest BCUT2D eigenvalue weighted by molar-refractivity contribution is -0.141. The van der Waals surface area contributed by atoms with Gasteiger partial charge < -0.3 is 10.5 Å². The number of hydrogen-bond donors (Lipinski definition) is 1. The maximum Gasteiger partial charge on any atom is 0.433 e. The van der Waals surface area contributed by atoms with E-state index in [9.17, 15) is 13.2 Å². The summed E-state index contributed by atoms with van der Waals surface area (Å²) in [5, 5.41) is 0. The predicted octanol–water partition coefficient (Wildman–Crippen LogP) is 3.59. The molecule has 0 aliphatic heterocycles. The smallest absolute Gasteiger partial charge is 0.433 e. The molecule has 2 N–H and O–H groups in total. The first-order valence-electron chi connectivity index (χ1n) is 5.42. The van der Waals surface area contributed by atoms with Crippen LogP contribution in [0.5, 0.6) is 11.6 Å². The van der Waals surface area contributed by atoms with Crippen molar-refractivity contribution >= 4 is 17.7 Å². The minimum Gasteiger partial charge on any atom is -0.439 e. The first kappa shape index (κ1) is 14.4. The van der Waals surface area contributed by atoms with E-state index in [1.54, 1.807) is 36.0 Å². The lowest BCUT2D eigenvalue weighted by atomic mass is 10.3. The molecule has 0 atom stereocenters. The van der Waals surface area contributed by atoms with Gasteiger partial charge >= 0.3 is 6.18 Å². The number of thioether (sulfide) groups is 1. The normalized spacial score (nSPS) is 11.4. The fourth-order valence-corrected chi connectivity index (χ4v) is 1.81. The molecule has 0 saturated heterocycles. The third-order valence-corrected chi connectivity index (χ3v) is 3.04. The zero-order valence-corrected chi connectivity index (χ0v) is 11.1.